The minimum Gasteiger partial charge on any atom is -0.478 e. The molecule has 3 heterocycles. The van der Waals surface area contributed by atoms with Crippen LogP contribution in [0.1, 0.15) is 18.4 Å². The van der Waals surface area contributed by atoms with Gasteiger partial charge in [0, 0.05) is 43.8 Å². The molecule has 2 aromatic heterocycles. The summed E-state index contributed by atoms with van der Waals surface area (Å²) in [6.45, 7) is 3.93. The number of anilines is 1. The summed E-state index contributed by atoms with van der Waals surface area (Å²) in [5, 5.41) is 0.716. The highest BCUT2D eigenvalue weighted by atomic mass is 35.5. The predicted octanol–water partition coefficient (Wildman–Crippen LogP) is 5.28. The van der Waals surface area contributed by atoms with Crippen LogP contribution in [0.4, 0.5) is 18.9 Å². The highest BCUT2D eigenvalue weighted by molar-refractivity contribution is 6.31. The molecule has 170 valence electrons. The topological polar surface area (TPSA) is 41.5 Å². The van der Waals surface area contributed by atoms with Crippen molar-refractivity contribution in [2.24, 2.45) is 0 Å². The van der Waals surface area contributed by atoms with Crippen LogP contribution in [-0.4, -0.2) is 54.2 Å². The number of piperazine rings is 1. The largest absolute Gasteiger partial charge is 0.478 e. The van der Waals surface area contributed by atoms with E-state index in [1.807, 2.05) is 24.3 Å². The Bertz CT molecular complexity index is 1050. The number of benzene rings is 1. The normalized spacial score (nSPS) is 15.3. The maximum absolute atomic E-state index is 13.4. The van der Waals surface area contributed by atoms with Crippen LogP contribution in [0.3, 0.4) is 0 Å². The smallest absolute Gasteiger partial charge is 0.419 e. The van der Waals surface area contributed by atoms with Gasteiger partial charge in [-0.15, -0.1) is 0 Å². The van der Waals surface area contributed by atoms with E-state index < -0.39 is 11.7 Å². The van der Waals surface area contributed by atoms with E-state index >= 15 is 0 Å². The zero-order valence-electron chi connectivity index (χ0n) is 17.5. The molecule has 9 heteroatoms. The molecule has 0 atom stereocenters. The lowest BCUT2D eigenvalue weighted by atomic mass is 10.1. The maximum Gasteiger partial charge on any atom is 0.419 e. The molecule has 1 aromatic carbocycles. The minimum atomic E-state index is -4.47. The van der Waals surface area contributed by atoms with E-state index in [2.05, 4.69) is 14.9 Å². The molecule has 0 aliphatic carbocycles. The SMILES string of the molecule is FC(F)(F)c1c(Cl)cccc1N1CCN(CCCCOc2ccc3cccnc3n2)CC1. The first-order valence-electron chi connectivity index (χ1n) is 10.6. The number of ether oxygens (including phenoxy) is 1. The molecule has 3 aromatic rings. The summed E-state index contributed by atoms with van der Waals surface area (Å²) < 4.78 is 46.1. The Hall–Kier alpha value is -2.58. The zero-order valence-corrected chi connectivity index (χ0v) is 18.2. The van der Waals surface area contributed by atoms with E-state index in [-0.39, 0.29) is 10.7 Å². The van der Waals surface area contributed by atoms with Crippen molar-refractivity contribution in [1.82, 2.24) is 14.9 Å². The molecule has 1 aliphatic rings. The number of unbranched alkanes of at least 4 members (excludes halogenated alkanes) is 1. The lowest BCUT2D eigenvalue weighted by Crippen LogP contribution is -2.47. The summed E-state index contributed by atoms with van der Waals surface area (Å²) in [6, 6.07) is 12.0. The number of rotatable bonds is 7. The molecule has 1 aliphatic heterocycles. The van der Waals surface area contributed by atoms with Gasteiger partial charge in [0.05, 0.1) is 22.9 Å². The number of alkyl halides is 3. The summed E-state index contributed by atoms with van der Waals surface area (Å²) in [6.07, 6.45) is -0.957. The van der Waals surface area contributed by atoms with Crippen molar-refractivity contribution in [2.45, 2.75) is 19.0 Å². The van der Waals surface area contributed by atoms with Crippen LogP contribution in [0.5, 0.6) is 5.88 Å². The Morgan fingerprint density at radius 2 is 1.78 bits per heavy atom. The summed E-state index contributed by atoms with van der Waals surface area (Å²) >= 11 is 5.86. The van der Waals surface area contributed by atoms with Crippen molar-refractivity contribution >= 4 is 28.3 Å². The Kier molecular flexibility index (Phi) is 7.01. The number of nitrogens with zero attached hydrogens (tertiary/aromatic N) is 4. The van der Waals surface area contributed by atoms with Gasteiger partial charge in [0.1, 0.15) is 0 Å². The fourth-order valence-corrected chi connectivity index (χ4v) is 4.18. The first-order valence-corrected chi connectivity index (χ1v) is 11.0. The summed E-state index contributed by atoms with van der Waals surface area (Å²) in [7, 11) is 0. The van der Waals surface area contributed by atoms with Gasteiger partial charge in [0.2, 0.25) is 5.88 Å². The molecule has 1 saturated heterocycles. The molecule has 4 rings (SSSR count). The molecular formula is C23H24ClF3N4O. The van der Waals surface area contributed by atoms with Crippen molar-refractivity contribution < 1.29 is 17.9 Å². The van der Waals surface area contributed by atoms with Gasteiger partial charge in [-0.25, -0.2) is 4.98 Å². The Labute approximate surface area is 189 Å². The molecule has 0 N–H and O–H groups in total. The van der Waals surface area contributed by atoms with E-state index in [1.54, 1.807) is 17.2 Å². The molecule has 0 bridgehead atoms. The second-order valence-electron chi connectivity index (χ2n) is 7.72. The van der Waals surface area contributed by atoms with Crippen molar-refractivity contribution in [3.05, 3.63) is 59.2 Å². The number of aromatic nitrogens is 2. The predicted molar refractivity (Wildman–Crippen MR) is 119 cm³/mol. The average molecular weight is 465 g/mol. The number of fused-ring (bicyclic) bond motifs is 1. The van der Waals surface area contributed by atoms with Gasteiger partial charge in [-0.3, -0.25) is 4.90 Å². The number of halogens is 4. The Balaban J connectivity index is 1.21. The van der Waals surface area contributed by atoms with Crippen LogP contribution in [-0.2, 0) is 6.18 Å². The van der Waals surface area contributed by atoms with Gasteiger partial charge < -0.3 is 9.64 Å². The van der Waals surface area contributed by atoms with E-state index in [1.165, 1.54) is 12.1 Å². The average Bonchev–Trinajstić information content (AvgIpc) is 2.78. The van der Waals surface area contributed by atoms with Gasteiger partial charge in [0.15, 0.2) is 5.65 Å². The second-order valence-corrected chi connectivity index (χ2v) is 8.12. The second kappa shape index (κ2) is 9.92. The van der Waals surface area contributed by atoms with Crippen molar-refractivity contribution in [3.63, 3.8) is 0 Å². The lowest BCUT2D eigenvalue weighted by Gasteiger charge is -2.37. The Morgan fingerprint density at radius 3 is 2.56 bits per heavy atom. The molecule has 0 amide bonds. The fraction of sp³-hybridized carbons (Fsp3) is 0.391. The lowest BCUT2D eigenvalue weighted by molar-refractivity contribution is -0.137. The summed E-state index contributed by atoms with van der Waals surface area (Å²) in [5.41, 5.74) is 0.0800. The van der Waals surface area contributed by atoms with Crippen LogP contribution in [0.15, 0.2) is 48.7 Å². The van der Waals surface area contributed by atoms with Gasteiger partial charge in [-0.2, -0.15) is 18.2 Å². The summed E-state index contributed by atoms with van der Waals surface area (Å²) in [5.74, 6) is 0.562. The minimum absolute atomic E-state index is 0.162. The highest BCUT2D eigenvalue weighted by Crippen LogP contribution is 2.41. The van der Waals surface area contributed by atoms with Crippen LogP contribution >= 0.6 is 11.6 Å². The van der Waals surface area contributed by atoms with E-state index in [9.17, 15) is 13.2 Å². The third-order valence-corrected chi connectivity index (χ3v) is 5.86. The van der Waals surface area contributed by atoms with Gasteiger partial charge >= 0.3 is 6.18 Å². The molecule has 0 unspecified atom stereocenters. The molecule has 0 radical (unpaired) electrons. The van der Waals surface area contributed by atoms with Gasteiger partial charge in [-0.05, 0) is 49.7 Å². The highest BCUT2D eigenvalue weighted by Gasteiger charge is 2.37. The third-order valence-electron chi connectivity index (χ3n) is 5.55. The summed E-state index contributed by atoms with van der Waals surface area (Å²) in [4.78, 5) is 12.7. The van der Waals surface area contributed by atoms with E-state index in [4.69, 9.17) is 16.3 Å². The third kappa shape index (κ3) is 5.42. The van der Waals surface area contributed by atoms with E-state index in [0.717, 1.165) is 24.8 Å². The van der Waals surface area contributed by atoms with Gasteiger partial charge in [-0.1, -0.05) is 17.7 Å². The van der Waals surface area contributed by atoms with Crippen LogP contribution in [0.2, 0.25) is 5.02 Å². The maximum atomic E-state index is 13.4. The quantitative estimate of drug-likeness (QED) is 0.445. The van der Waals surface area contributed by atoms with Gasteiger partial charge in [0.25, 0.3) is 0 Å². The Morgan fingerprint density at radius 1 is 0.969 bits per heavy atom. The fourth-order valence-electron chi connectivity index (χ4n) is 3.90. The van der Waals surface area contributed by atoms with Crippen molar-refractivity contribution in [1.29, 1.82) is 0 Å². The first-order chi connectivity index (χ1) is 15.4. The number of hydrogen-bond acceptors (Lipinski definition) is 5. The van der Waals surface area contributed by atoms with Crippen LogP contribution in [0.25, 0.3) is 11.0 Å². The molecule has 1 fully saturated rings. The van der Waals surface area contributed by atoms with Crippen molar-refractivity contribution in [3.8, 4) is 5.88 Å². The number of hydrogen-bond donors (Lipinski definition) is 0. The molecular weight excluding hydrogens is 441 g/mol. The van der Waals surface area contributed by atoms with Crippen LogP contribution < -0.4 is 9.64 Å². The standard InChI is InChI=1S/C23H24ClF3N4O/c24-18-6-3-7-19(21(18)23(25,26)27)31-14-12-30(13-15-31)11-1-2-16-32-20-9-8-17-5-4-10-28-22(17)29-20/h3-10H,1-2,11-16H2. The molecule has 5 nitrogen and oxygen atoms in total. The molecule has 0 saturated carbocycles. The van der Waals surface area contributed by atoms with Crippen LogP contribution in [0, 0.1) is 0 Å². The van der Waals surface area contributed by atoms with Crippen molar-refractivity contribution in [2.75, 3.05) is 44.2 Å². The molecule has 0 spiro atoms. The zero-order chi connectivity index (χ0) is 22.6. The van der Waals surface area contributed by atoms with E-state index in [0.29, 0.717) is 44.3 Å². The number of pyridine rings is 2. The first kappa shape index (κ1) is 22.6. The monoisotopic (exact) mass is 464 g/mol. The molecule has 32 heavy (non-hydrogen) atoms.